The maximum absolute atomic E-state index is 12.6. The predicted octanol–water partition coefficient (Wildman–Crippen LogP) is 5.34. The van der Waals surface area contributed by atoms with Gasteiger partial charge in [-0.2, -0.15) is 0 Å². The molecule has 0 aromatic heterocycles. The number of carbonyl (C=O) groups is 3. The molecule has 3 aromatic rings. The maximum atomic E-state index is 12.6. The van der Waals surface area contributed by atoms with Crippen molar-refractivity contribution in [2.24, 2.45) is 0 Å². The first-order chi connectivity index (χ1) is 16.9. The molecule has 0 aliphatic heterocycles. The van der Waals surface area contributed by atoms with Crippen LogP contribution < -0.4 is 10.6 Å². The third-order valence-electron chi connectivity index (χ3n) is 6.27. The molecule has 1 aliphatic rings. The molecule has 0 fully saturated rings. The van der Waals surface area contributed by atoms with Crippen LogP contribution in [0.2, 0.25) is 0 Å². The SMILES string of the molecule is CC[C@@H](CC(=O)Nc1ccc(C)cc1C(=O)O)NC(=O)OCC1c2ccccc2-c2ccccc21. The summed E-state index contributed by atoms with van der Waals surface area (Å²) in [5.41, 5.74) is 5.58. The molecule has 0 saturated carbocycles. The van der Waals surface area contributed by atoms with Crippen molar-refractivity contribution in [3.8, 4) is 11.1 Å². The Morgan fingerprint density at radius 3 is 2.20 bits per heavy atom. The molecule has 3 aromatic carbocycles. The highest BCUT2D eigenvalue weighted by atomic mass is 16.5. The number of anilines is 1. The van der Waals surface area contributed by atoms with Crippen molar-refractivity contribution in [1.82, 2.24) is 5.32 Å². The first-order valence-electron chi connectivity index (χ1n) is 11.6. The molecule has 7 heteroatoms. The Morgan fingerprint density at radius 2 is 1.60 bits per heavy atom. The fourth-order valence-electron chi connectivity index (χ4n) is 4.47. The number of nitrogens with one attached hydrogen (secondary N) is 2. The highest BCUT2D eigenvalue weighted by molar-refractivity contribution is 6.00. The van der Waals surface area contributed by atoms with E-state index in [1.807, 2.05) is 31.2 Å². The lowest BCUT2D eigenvalue weighted by Gasteiger charge is -2.19. The monoisotopic (exact) mass is 472 g/mol. The maximum Gasteiger partial charge on any atom is 0.407 e. The lowest BCUT2D eigenvalue weighted by molar-refractivity contribution is -0.116. The van der Waals surface area contributed by atoms with E-state index < -0.39 is 18.1 Å². The lowest BCUT2D eigenvalue weighted by Crippen LogP contribution is -2.38. The highest BCUT2D eigenvalue weighted by Crippen LogP contribution is 2.44. The summed E-state index contributed by atoms with van der Waals surface area (Å²) in [6.07, 6.45) is -0.0849. The van der Waals surface area contributed by atoms with E-state index in [1.165, 1.54) is 6.07 Å². The third kappa shape index (κ3) is 5.35. The molecule has 4 rings (SSSR count). The van der Waals surface area contributed by atoms with Crippen LogP contribution in [-0.2, 0) is 9.53 Å². The summed E-state index contributed by atoms with van der Waals surface area (Å²) in [6, 6.07) is 20.6. The zero-order valence-corrected chi connectivity index (χ0v) is 19.7. The fourth-order valence-corrected chi connectivity index (χ4v) is 4.47. The topological polar surface area (TPSA) is 105 Å². The number of carboxylic acid groups (broad SMARTS) is 1. The first-order valence-corrected chi connectivity index (χ1v) is 11.6. The molecule has 0 heterocycles. The summed E-state index contributed by atoms with van der Waals surface area (Å²) >= 11 is 0. The molecule has 7 nitrogen and oxygen atoms in total. The van der Waals surface area contributed by atoms with Gasteiger partial charge in [-0.15, -0.1) is 0 Å². The Bertz CT molecular complexity index is 1220. The van der Waals surface area contributed by atoms with Gasteiger partial charge in [-0.05, 0) is 47.7 Å². The van der Waals surface area contributed by atoms with Crippen LogP contribution in [-0.4, -0.2) is 35.7 Å². The van der Waals surface area contributed by atoms with Crippen LogP contribution >= 0.6 is 0 Å². The lowest BCUT2D eigenvalue weighted by atomic mass is 9.98. The van der Waals surface area contributed by atoms with Crippen LogP contribution in [0.4, 0.5) is 10.5 Å². The Hall–Kier alpha value is -4.13. The van der Waals surface area contributed by atoms with Gasteiger partial charge in [-0.3, -0.25) is 4.79 Å². The number of hydrogen-bond acceptors (Lipinski definition) is 4. The van der Waals surface area contributed by atoms with E-state index in [-0.39, 0.29) is 36.1 Å². The van der Waals surface area contributed by atoms with Gasteiger partial charge >= 0.3 is 12.1 Å². The van der Waals surface area contributed by atoms with E-state index in [0.29, 0.717) is 6.42 Å². The summed E-state index contributed by atoms with van der Waals surface area (Å²) in [6.45, 7) is 3.83. The largest absolute Gasteiger partial charge is 0.478 e. The number of fused-ring (bicyclic) bond motifs is 3. The summed E-state index contributed by atoms with van der Waals surface area (Å²) in [4.78, 5) is 36.6. The summed E-state index contributed by atoms with van der Waals surface area (Å²) in [5.74, 6) is -1.55. The Balaban J connectivity index is 1.35. The number of rotatable bonds is 8. The van der Waals surface area contributed by atoms with Gasteiger partial charge in [0.25, 0.3) is 0 Å². The summed E-state index contributed by atoms with van der Waals surface area (Å²) in [7, 11) is 0. The number of amides is 2. The Labute approximate surface area is 204 Å². The number of aromatic carboxylic acids is 1. The van der Waals surface area contributed by atoms with Gasteiger partial charge in [-0.25, -0.2) is 9.59 Å². The van der Waals surface area contributed by atoms with E-state index in [1.54, 1.807) is 19.1 Å². The molecule has 0 spiro atoms. The van der Waals surface area contributed by atoms with Crippen LogP contribution in [0, 0.1) is 6.92 Å². The van der Waals surface area contributed by atoms with Crippen molar-refractivity contribution < 1.29 is 24.2 Å². The zero-order chi connectivity index (χ0) is 24.9. The van der Waals surface area contributed by atoms with E-state index in [2.05, 4.69) is 34.9 Å². The summed E-state index contributed by atoms with van der Waals surface area (Å²) < 4.78 is 5.58. The molecule has 1 aliphatic carbocycles. The normalized spacial score (nSPS) is 12.9. The molecule has 3 N–H and O–H groups in total. The zero-order valence-electron chi connectivity index (χ0n) is 19.7. The van der Waals surface area contributed by atoms with Crippen LogP contribution in [0.25, 0.3) is 11.1 Å². The minimum atomic E-state index is -1.12. The standard InChI is InChI=1S/C28H28N2O5/c1-3-18(15-26(31)30-25-13-12-17(2)14-23(25)27(32)33)29-28(34)35-16-24-21-10-6-4-8-19(21)20-9-5-7-11-22(20)24/h4-14,18,24H,3,15-16H2,1-2H3,(H,29,34)(H,30,31)(H,32,33)/t18-/m0/s1. The van der Waals surface area contributed by atoms with Crippen LogP contribution in [0.3, 0.4) is 0 Å². The average Bonchev–Trinajstić information content (AvgIpc) is 3.17. The molecule has 0 radical (unpaired) electrons. The van der Waals surface area contributed by atoms with Gasteiger partial charge in [0, 0.05) is 18.4 Å². The van der Waals surface area contributed by atoms with Gasteiger partial charge in [0.05, 0.1) is 11.3 Å². The molecule has 180 valence electrons. The van der Waals surface area contributed by atoms with Crippen molar-refractivity contribution >= 4 is 23.7 Å². The highest BCUT2D eigenvalue weighted by Gasteiger charge is 2.29. The third-order valence-corrected chi connectivity index (χ3v) is 6.27. The van der Waals surface area contributed by atoms with E-state index >= 15 is 0 Å². The van der Waals surface area contributed by atoms with Gasteiger partial charge in [-0.1, -0.05) is 67.1 Å². The van der Waals surface area contributed by atoms with Gasteiger partial charge in [0.15, 0.2) is 0 Å². The van der Waals surface area contributed by atoms with Crippen molar-refractivity contribution in [2.45, 2.75) is 38.6 Å². The van der Waals surface area contributed by atoms with Gasteiger partial charge in [0.1, 0.15) is 6.61 Å². The molecule has 0 bridgehead atoms. The van der Waals surface area contributed by atoms with E-state index in [4.69, 9.17) is 4.74 Å². The minimum Gasteiger partial charge on any atom is -0.478 e. The fraction of sp³-hybridized carbons (Fsp3) is 0.250. The minimum absolute atomic E-state index is 0.00632. The number of aryl methyl sites for hydroxylation is 1. The molecule has 1 atom stereocenters. The van der Waals surface area contributed by atoms with Crippen LogP contribution in [0.15, 0.2) is 66.7 Å². The van der Waals surface area contributed by atoms with Crippen molar-refractivity contribution in [3.05, 3.63) is 89.0 Å². The molecular formula is C28H28N2O5. The first kappa shape index (κ1) is 24.0. The van der Waals surface area contributed by atoms with Gasteiger partial charge in [0.2, 0.25) is 5.91 Å². The van der Waals surface area contributed by atoms with Crippen LogP contribution in [0.1, 0.15) is 52.7 Å². The molecule has 35 heavy (non-hydrogen) atoms. The van der Waals surface area contributed by atoms with Crippen molar-refractivity contribution in [3.63, 3.8) is 0 Å². The molecule has 2 amide bonds. The Morgan fingerprint density at radius 1 is 0.971 bits per heavy atom. The Kier molecular flexibility index (Phi) is 7.15. The second kappa shape index (κ2) is 10.4. The second-order valence-corrected chi connectivity index (χ2v) is 8.68. The van der Waals surface area contributed by atoms with E-state index in [0.717, 1.165) is 27.8 Å². The molecular weight excluding hydrogens is 444 g/mol. The number of benzene rings is 3. The quantitative estimate of drug-likeness (QED) is 0.411. The number of carboxylic acids is 1. The van der Waals surface area contributed by atoms with Crippen LogP contribution in [0.5, 0.6) is 0 Å². The van der Waals surface area contributed by atoms with Gasteiger partial charge < -0.3 is 20.5 Å². The van der Waals surface area contributed by atoms with E-state index in [9.17, 15) is 19.5 Å². The molecule has 0 saturated heterocycles. The molecule has 0 unspecified atom stereocenters. The average molecular weight is 473 g/mol. The summed E-state index contributed by atoms with van der Waals surface area (Å²) in [5, 5.41) is 14.8. The van der Waals surface area contributed by atoms with Crippen molar-refractivity contribution in [2.75, 3.05) is 11.9 Å². The number of carbonyl (C=O) groups excluding carboxylic acids is 2. The predicted molar refractivity (Wildman–Crippen MR) is 134 cm³/mol. The second-order valence-electron chi connectivity index (χ2n) is 8.68. The number of ether oxygens (including phenoxy) is 1. The smallest absolute Gasteiger partial charge is 0.407 e. The number of alkyl carbamates (subject to hydrolysis) is 1. The number of hydrogen-bond donors (Lipinski definition) is 3. The van der Waals surface area contributed by atoms with Crippen molar-refractivity contribution in [1.29, 1.82) is 0 Å².